The van der Waals surface area contributed by atoms with Crippen molar-refractivity contribution in [3.05, 3.63) is 33.9 Å². The van der Waals surface area contributed by atoms with Crippen LogP contribution in [0.25, 0.3) is 0 Å². The van der Waals surface area contributed by atoms with Crippen molar-refractivity contribution in [1.29, 1.82) is 0 Å². The van der Waals surface area contributed by atoms with Crippen molar-refractivity contribution in [3.8, 4) is 5.75 Å². The molecule has 0 aliphatic rings. The summed E-state index contributed by atoms with van der Waals surface area (Å²) < 4.78 is 9.02. The average Bonchev–Trinajstić information content (AvgIpc) is 2.25. The van der Waals surface area contributed by atoms with Crippen molar-refractivity contribution in [2.75, 3.05) is 6.61 Å². The lowest BCUT2D eigenvalue weighted by atomic mass is 10.2. The Kier molecular flexibility index (Phi) is 5.16. The van der Waals surface area contributed by atoms with E-state index >= 15 is 0 Å². The van der Waals surface area contributed by atoms with Crippen LogP contribution in [-0.4, -0.2) is 22.7 Å². The molecule has 0 radical (unpaired) electrons. The van der Waals surface area contributed by atoms with E-state index in [1.165, 1.54) is 19.9 Å². The topological polar surface area (TPSA) is 128 Å². The van der Waals surface area contributed by atoms with E-state index in [1.54, 1.807) is 0 Å². The summed E-state index contributed by atoms with van der Waals surface area (Å²) in [6.07, 6.45) is -0.954. The Hall–Kier alpha value is -1.31. The van der Waals surface area contributed by atoms with E-state index in [0.717, 1.165) is 12.1 Å². The third-order valence-electron chi connectivity index (χ3n) is 2.06. The molecule has 0 bridgehead atoms. The first-order valence-corrected chi connectivity index (χ1v) is 6.75. The highest BCUT2D eigenvalue weighted by atomic mass is 31.2. The molecule has 8 nitrogen and oxygen atoms in total. The van der Waals surface area contributed by atoms with E-state index in [0.29, 0.717) is 0 Å². The van der Waals surface area contributed by atoms with Crippen molar-refractivity contribution in [1.82, 2.24) is 0 Å². The highest BCUT2D eigenvalue weighted by Gasteiger charge is 2.21. The van der Waals surface area contributed by atoms with Gasteiger partial charge in [0.15, 0.2) is 5.75 Å². The maximum Gasteiger partial charge on any atom is 0.272 e. The Labute approximate surface area is 110 Å². The SMILES string of the molecule is Cc1cc(O[P+]([O-])([O-])OCC(C)O)ccc1[N+](=O)[O-]. The molecule has 1 N–H and O–H groups in total. The molecule has 0 spiro atoms. The molecule has 1 aromatic rings. The number of rotatable bonds is 6. The summed E-state index contributed by atoms with van der Waals surface area (Å²) in [4.78, 5) is 32.8. The van der Waals surface area contributed by atoms with Gasteiger partial charge in [0, 0.05) is 11.6 Å². The normalized spacial score (nSPS) is 13.1. The lowest BCUT2D eigenvalue weighted by Gasteiger charge is -2.31. The number of phosphoric acid groups is 1. The fourth-order valence-corrected chi connectivity index (χ4v) is 2.07. The quantitative estimate of drug-likeness (QED) is 0.446. The molecule has 106 valence electrons. The van der Waals surface area contributed by atoms with E-state index in [9.17, 15) is 19.9 Å². The number of nitro benzene ring substituents is 1. The first-order valence-electron chi connectivity index (χ1n) is 5.29. The first-order chi connectivity index (χ1) is 8.71. The van der Waals surface area contributed by atoms with Crippen LogP contribution in [0.1, 0.15) is 12.5 Å². The summed E-state index contributed by atoms with van der Waals surface area (Å²) in [7, 11) is -4.61. The van der Waals surface area contributed by atoms with Gasteiger partial charge in [-0.1, -0.05) is 0 Å². The van der Waals surface area contributed by atoms with Crippen molar-refractivity contribution >= 4 is 13.9 Å². The fraction of sp³-hybridized carbons (Fsp3) is 0.400. The second kappa shape index (κ2) is 6.23. The number of aryl methyl sites for hydroxylation is 1. The predicted octanol–water partition coefficient (Wildman–Crippen LogP) is 0.0776. The summed E-state index contributed by atoms with van der Waals surface area (Å²) in [5.74, 6) is -0.0907. The second-order valence-electron chi connectivity index (χ2n) is 3.89. The molecule has 0 saturated heterocycles. The zero-order valence-electron chi connectivity index (χ0n) is 10.3. The van der Waals surface area contributed by atoms with Crippen molar-refractivity contribution < 1.29 is 28.9 Å². The van der Waals surface area contributed by atoms with Gasteiger partial charge in [0.1, 0.15) is 6.61 Å². The number of benzene rings is 1. The Morgan fingerprint density at radius 3 is 2.58 bits per heavy atom. The summed E-state index contributed by atoms with van der Waals surface area (Å²) in [6.45, 7) is 2.39. The van der Waals surface area contributed by atoms with E-state index < -0.39 is 25.8 Å². The van der Waals surface area contributed by atoms with Gasteiger partial charge in [0.05, 0.1) is 11.0 Å². The van der Waals surface area contributed by atoms with Crippen LogP contribution in [0.3, 0.4) is 0 Å². The molecule has 9 heteroatoms. The monoisotopic (exact) mass is 290 g/mol. The van der Waals surface area contributed by atoms with E-state index in [-0.39, 0.29) is 17.0 Å². The van der Waals surface area contributed by atoms with Gasteiger partial charge < -0.3 is 19.4 Å². The number of aliphatic hydroxyl groups is 1. The summed E-state index contributed by atoms with van der Waals surface area (Å²) >= 11 is 0. The molecular formula is C10H13NO7P-. The minimum atomic E-state index is -4.61. The standard InChI is InChI=1S/C10H14NO7P/c1-7-5-9(3-4-10(7)11(13)14)18-19(15,16)17-6-8(2)12/h3-5,8,12H,6H2,1-2H3,(H,15,16)/p-1. The van der Waals surface area contributed by atoms with Crippen LogP contribution in [0.15, 0.2) is 18.2 Å². The van der Waals surface area contributed by atoms with E-state index in [2.05, 4.69) is 9.05 Å². The number of nitrogens with zero attached hydrogens (tertiary/aromatic N) is 1. The number of nitro groups is 1. The number of aliphatic hydroxyl groups excluding tert-OH is 1. The maximum absolute atomic E-state index is 11.4. The molecule has 0 saturated carbocycles. The molecule has 1 aromatic carbocycles. The van der Waals surface area contributed by atoms with Gasteiger partial charge >= 0.3 is 0 Å². The highest BCUT2D eigenvalue weighted by Crippen LogP contribution is 2.43. The van der Waals surface area contributed by atoms with Gasteiger partial charge in [-0.2, -0.15) is 0 Å². The minimum absolute atomic E-state index is 0.0907. The molecule has 0 amide bonds. The van der Waals surface area contributed by atoms with Gasteiger partial charge in [-0.05, 0) is 26.0 Å². The smallest absolute Gasteiger partial charge is 0.272 e. The molecule has 1 unspecified atom stereocenters. The van der Waals surface area contributed by atoms with Crippen LogP contribution >= 0.6 is 8.17 Å². The van der Waals surface area contributed by atoms with Crippen molar-refractivity contribution in [3.63, 3.8) is 0 Å². The predicted molar refractivity (Wildman–Crippen MR) is 63.0 cm³/mol. The molecule has 0 aromatic heterocycles. The molecule has 0 heterocycles. The zero-order chi connectivity index (χ0) is 14.6. The van der Waals surface area contributed by atoms with Crippen LogP contribution in [0.5, 0.6) is 5.75 Å². The van der Waals surface area contributed by atoms with E-state index in [4.69, 9.17) is 5.11 Å². The Morgan fingerprint density at radius 1 is 1.47 bits per heavy atom. The summed E-state index contributed by atoms with van der Waals surface area (Å²) in [6, 6.07) is 3.51. The molecule has 19 heavy (non-hydrogen) atoms. The van der Waals surface area contributed by atoms with Crippen LogP contribution in [-0.2, 0) is 4.52 Å². The molecular weight excluding hydrogens is 277 g/mol. The largest absolute Gasteiger partial charge is 0.627 e. The number of hydrogen-bond acceptors (Lipinski definition) is 7. The molecule has 0 fully saturated rings. The van der Waals surface area contributed by atoms with Crippen LogP contribution in [0.2, 0.25) is 0 Å². The zero-order valence-corrected chi connectivity index (χ0v) is 11.2. The van der Waals surface area contributed by atoms with Crippen molar-refractivity contribution in [2.24, 2.45) is 0 Å². The molecule has 1 atom stereocenters. The lowest BCUT2D eigenvalue weighted by molar-refractivity contribution is -0.385. The third kappa shape index (κ3) is 5.06. The minimum Gasteiger partial charge on any atom is -0.627 e. The van der Waals surface area contributed by atoms with Gasteiger partial charge in [-0.25, -0.2) is 4.52 Å². The van der Waals surface area contributed by atoms with Gasteiger partial charge in [0.25, 0.3) is 5.69 Å². The number of phosphoric ester groups is 1. The van der Waals surface area contributed by atoms with Crippen LogP contribution in [0, 0.1) is 17.0 Å². The Bertz CT molecular complexity index is 463. The summed E-state index contributed by atoms with van der Waals surface area (Å²) in [5.41, 5.74) is 0.121. The van der Waals surface area contributed by atoms with Crippen LogP contribution in [0.4, 0.5) is 5.69 Å². The van der Waals surface area contributed by atoms with Gasteiger partial charge in [-0.15, -0.1) is 0 Å². The average molecular weight is 290 g/mol. The molecule has 0 aliphatic heterocycles. The van der Waals surface area contributed by atoms with E-state index in [1.807, 2.05) is 0 Å². The lowest BCUT2D eigenvalue weighted by Crippen LogP contribution is -2.31. The molecule has 0 aliphatic carbocycles. The van der Waals surface area contributed by atoms with Crippen molar-refractivity contribution in [2.45, 2.75) is 20.0 Å². The first kappa shape index (κ1) is 15.7. The Morgan fingerprint density at radius 2 is 2.11 bits per heavy atom. The second-order valence-corrected chi connectivity index (χ2v) is 5.22. The fourth-order valence-electron chi connectivity index (χ4n) is 1.24. The van der Waals surface area contributed by atoms with Crippen LogP contribution < -0.4 is 14.3 Å². The molecule has 1 rings (SSSR count). The van der Waals surface area contributed by atoms with Gasteiger partial charge in [-0.3, -0.25) is 10.1 Å². The maximum atomic E-state index is 11.4. The third-order valence-corrected chi connectivity index (χ3v) is 2.96. The van der Waals surface area contributed by atoms with Gasteiger partial charge in [0.2, 0.25) is 8.17 Å². The summed E-state index contributed by atoms with van der Waals surface area (Å²) in [5, 5.41) is 19.5. The highest BCUT2D eigenvalue weighted by molar-refractivity contribution is 7.51. The Balaban J connectivity index is 2.77. The number of hydrogen-bond donors (Lipinski definition) is 1.